The number of carboxylic acid groups (broad SMARTS) is 1. The second-order valence-electron chi connectivity index (χ2n) is 7.34. The van der Waals surface area contributed by atoms with Crippen LogP contribution >= 0.6 is 11.8 Å². The van der Waals surface area contributed by atoms with Gasteiger partial charge in [-0.2, -0.15) is 4.99 Å². The molecular formula is C20H26N2O5S2. The number of amides is 1. The summed E-state index contributed by atoms with van der Waals surface area (Å²) in [6.45, 7) is 4.11. The number of carbonyl (C=O) groups excluding carboxylic acids is 1. The number of amidine groups is 1. The molecule has 0 saturated carbocycles. The number of thioether (sulfide) groups is 1. The predicted octanol–water partition coefficient (Wildman–Crippen LogP) is 2.67. The molecule has 7 nitrogen and oxygen atoms in total. The summed E-state index contributed by atoms with van der Waals surface area (Å²) in [4.78, 5) is 29.3. The Hall–Kier alpha value is -1.87. The molecule has 1 N–H and O–H groups in total. The largest absolute Gasteiger partial charge is 0.481 e. The van der Waals surface area contributed by atoms with E-state index in [1.165, 1.54) is 11.8 Å². The van der Waals surface area contributed by atoms with Crippen LogP contribution in [0.5, 0.6) is 0 Å². The summed E-state index contributed by atoms with van der Waals surface area (Å²) in [5, 5.41) is 9.14. The molecule has 0 radical (unpaired) electrons. The highest BCUT2D eigenvalue weighted by Crippen LogP contribution is 2.43. The van der Waals surface area contributed by atoms with Gasteiger partial charge in [0, 0.05) is 23.8 Å². The van der Waals surface area contributed by atoms with Crippen LogP contribution in [0, 0.1) is 0 Å². The van der Waals surface area contributed by atoms with Gasteiger partial charge in [-0.1, -0.05) is 43.8 Å². The van der Waals surface area contributed by atoms with Crippen LogP contribution < -0.4 is 4.90 Å². The Morgan fingerprint density at radius 1 is 1.17 bits per heavy atom. The van der Waals surface area contributed by atoms with Crippen LogP contribution in [-0.2, 0) is 32.3 Å². The number of benzene rings is 1. The second-order valence-corrected chi connectivity index (χ2v) is 10.7. The fourth-order valence-corrected chi connectivity index (χ4v) is 7.82. The number of sulfone groups is 1. The molecule has 0 aromatic heterocycles. The average Bonchev–Trinajstić information content (AvgIpc) is 3.11. The number of aliphatic carboxylic acids is 1. The molecule has 3 rings (SSSR count). The molecule has 2 atom stereocenters. The van der Waals surface area contributed by atoms with Gasteiger partial charge in [0.1, 0.15) is 0 Å². The Balaban J connectivity index is 1.98. The molecule has 2 heterocycles. The number of hydrogen-bond acceptors (Lipinski definition) is 5. The van der Waals surface area contributed by atoms with Gasteiger partial charge in [-0.15, -0.1) is 0 Å². The van der Waals surface area contributed by atoms with Crippen molar-refractivity contribution < 1.29 is 23.1 Å². The van der Waals surface area contributed by atoms with Crippen LogP contribution in [-0.4, -0.2) is 53.4 Å². The van der Waals surface area contributed by atoms with Crippen LogP contribution in [0.3, 0.4) is 0 Å². The Morgan fingerprint density at radius 3 is 2.41 bits per heavy atom. The zero-order chi connectivity index (χ0) is 21.2. The molecule has 158 valence electrons. The highest BCUT2D eigenvalue weighted by molar-refractivity contribution is 8.16. The molecule has 29 heavy (non-hydrogen) atoms. The van der Waals surface area contributed by atoms with Gasteiger partial charge in [0.2, 0.25) is 5.91 Å². The molecular weight excluding hydrogens is 412 g/mol. The molecule has 0 spiro atoms. The predicted molar refractivity (Wildman–Crippen MR) is 115 cm³/mol. The monoisotopic (exact) mass is 438 g/mol. The maximum absolute atomic E-state index is 12.4. The SMILES string of the molecule is CCc1cccc(CC)c1N1C(=NC(=O)CCCC(=O)O)S[C@H]2CS(=O)(=O)C[C@H]21. The summed E-state index contributed by atoms with van der Waals surface area (Å²) in [6.07, 6.45) is 1.80. The standard InChI is InChI=1S/C20H26N2O5S2/c1-3-13-7-5-8-14(4-2)19(13)22-15-11-29(26,27)12-16(15)28-20(22)21-17(23)9-6-10-18(24)25/h5,7-8,15-16H,3-4,6,9-12H2,1-2H3,(H,24,25)/t15-,16+/m1/s1. The second kappa shape index (κ2) is 8.87. The first kappa shape index (κ1) is 21.8. The summed E-state index contributed by atoms with van der Waals surface area (Å²) in [6, 6.07) is 5.82. The molecule has 2 saturated heterocycles. The van der Waals surface area contributed by atoms with Crippen molar-refractivity contribution in [2.45, 2.75) is 57.2 Å². The third kappa shape index (κ3) is 4.83. The van der Waals surface area contributed by atoms with Crippen molar-refractivity contribution in [1.29, 1.82) is 0 Å². The topological polar surface area (TPSA) is 104 Å². The van der Waals surface area contributed by atoms with E-state index in [1.807, 2.05) is 23.1 Å². The van der Waals surface area contributed by atoms with E-state index in [0.717, 1.165) is 29.7 Å². The summed E-state index contributed by atoms with van der Waals surface area (Å²) in [7, 11) is -3.13. The summed E-state index contributed by atoms with van der Waals surface area (Å²) >= 11 is 1.35. The smallest absolute Gasteiger partial charge is 0.303 e. The van der Waals surface area contributed by atoms with Gasteiger partial charge >= 0.3 is 5.97 Å². The van der Waals surface area contributed by atoms with Gasteiger partial charge < -0.3 is 10.0 Å². The van der Waals surface area contributed by atoms with E-state index < -0.39 is 15.8 Å². The first-order chi connectivity index (χ1) is 13.8. The minimum Gasteiger partial charge on any atom is -0.481 e. The van der Waals surface area contributed by atoms with Crippen LogP contribution in [0.15, 0.2) is 23.2 Å². The lowest BCUT2D eigenvalue weighted by Gasteiger charge is -2.29. The quantitative estimate of drug-likeness (QED) is 0.698. The van der Waals surface area contributed by atoms with Crippen LogP contribution in [0.4, 0.5) is 5.69 Å². The number of hydrogen-bond donors (Lipinski definition) is 1. The molecule has 2 fully saturated rings. The normalized spacial score (nSPS) is 24.1. The molecule has 2 aliphatic rings. The molecule has 0 bridgehead atoms. The van der Waals surface area contributed by atoms with Crippen molar-refractivity contribution in [3.8, 4) is 0 Å². The summed E-state index contributed by atoms with van der Waals surface area (Å²) in [5.41, 5.74) is 3.16. The summed E-state index contributed by atoms with van der Waals surface area (Å²) in [5.74, 6) is -1.17. The fraction of sp³-hybridized carbons (Fsp3) is 0.550. The Bertz CT molecular complexity index is 920. The number of carboxylic acids is 1. The first-order valence-corrected chi connectivity index (χ1v) is 12.6. The van der Waals surface area contributed by atoms with Crippen molar-refractivity contribution in [3.63, 3.8) is 0 Å². The van der Waals surface area contributed by atoms with E-state index >= 15 is 0 Å². The van der Waals surface area contributed by atoms with E-state index in [1.54, 1.807) is 0 Å². The van der Waals surface area contributed by atoms with Gasteiger partial charge in [-0.25, -0.2) is 8.42 Å². The zero-order valence-corrected chi connectivity index (χ0v) is 18.3. The zero-order valence-electron chi connectivity index (χ0n) is 16.6. The highest BCUT2D eigenvalue weighted by Gasteiger charge is 2.50. The fourth-order valence-electron chi connectivity index (χ4n) is 3.90. The minimum absolute atomic E-state index is 0.0537. The maximum atomic E-state index is 12.4. The van der Waals surface area contributed by atoms with Crippen molar-refractivity contribution in [2.24, 2.45) is 4.99 Å². The highest BCUT2D eigenvalue weighted by atomic mass is 32.2. The lowest BCUT2D eigenvalue weighted by atomic mass is 10.0. The minimum atomic E-state index is -3.13. The van der Waals surface area contributed by atoms with Crippen molar-refractivity contribution in [1.82, 2.24) is 0 Å². The number of anilines is 1. The summed E-state index contributed by atoms with van der Waals surface area (Å²) < 4.78 is 24.5. The molecule has 1 aromatic carbocycles. The average molecular weight is 439 g/mol. The molecule has 1 aromatic rings. The van der Waals surface area contributed by atoms with Gasteiger partial charge in [0.25, 0.3) is 0 Å². The van der Waals surface area contributed by atoms with E-state index in [9.17, 15) is 18.0 Å². The molecule has 0 unspecified atom stereocenters. The number of nitrogens with zero attached hydrogens (tertiary/aromatic N) is 2. The molecule has 1 amide bonds. The van der Waals surface area contributed by atoms with Gasteiger partial charge in [0.15, 0.2) is 15.0 Å². The number of rotatable bonds is 7. The number of aryl methyl sites for hydroxylation is 2. The van der Waals surface area contributed by atoms with Crippen molar-refractivity contribution in [3.05, 3.63) is 29.3 Å². The van der Waals surface area contributed by atoms with Crippen molar-refractivity contribution >= 4 is 44.3 Å². The van der Waals surface area contributed by atoms with Crippen LogP contribution in [0.1, 0.15) is 44.2 Å². The van der Waals surface area contributed by atoms with E-state index in [2.05, 4.69) is 18.8 Å². The number of carbonyl (C=O) groups is 2. The maximum Gasteiger partial charge on any atom is 0.303 e. The van der Waals surface area contributed by atoms with Gasteiger partial charge in [-0.05, 0) is 30.4 Å². The number of aliphatic imine (C=N–C) groups is 1. The lowest BCUT2D eigenvalue weighted by Crippen LogP contribution is -2.39. The third-order valence-electron chi connectivity index (χ3n) is 5.27. The van der Waals surface area contributed by atoms with E-state index in [4.69, 9.17) is 5.11 Å². The Labute approximate surface area is 175 Å². The first-order valence-electron chi connectivity index (χ1n) is 9.86. The lowest BCUT2D eigenvalue weighted by molar-refractivity contribution is -0.137. The Kier molecular flexibility index (Phi) is 6.68. The van der Waals surface area contributed by atoms with Gasteiger partial charge in [0.05, 0.1) is 17.5 Å². The third-order valence-corrected chi connectivity index (χ3v) is 8.48. The Morgan fingerprint density at radius 2 is 1.83 bits per heavy atom. The molecule has 0 aliphatic carbocycles. The van der Waals surface area contributed by atoms with Gasteiger partial charge in [-0.3, -0.25) is 9.59 Å². The van der Waals surface area contributed by atoms with E-state index in [-0.39, 0.29) is 48.0 Å². The van der Waals surface area contributed by atoms with E-state index in [0.29, 0.717) is 5.17 Å². The van der Waals surface area contributed by atoms with Crippen LogP contribution in [0.25, 0.3) is 0 Å². The molecule has 2 aliphatic heterocycles. The number of fused-ring (bicyclic) bond motifs is 1. The van der Waals surface area contributed by atoms with Crippen molar-refractivity contribution in [2.75, 3.05) is 16.4 Å². The molecule has 9 heteroatoms. The number of para-hydroxylation sites is 1. The van der Waals surface area contributed by atoms with Crippen LogP contribution in [0.2, 0.25) is 0 Å².